The zero-order valence-corrected chi connectivity index (χ0v) is 16.3. The van der Waals surface area contributed by atoms with Gasteiger partial charge in [-0.25, -0.2) is 0 Å². The zero-order chi connectivity index (χ0) is 19.6. The molecule has 0 saturated carbocycles. The van der Waals surface area contributed by atoms with E-state index in [1.54, 1.807) is 18.5 Å². The molecule has 1 atom stereocenters. The lowest BCUT2D eigenvalue weighted by atomic mass is 9.73. The molecule has 2 aromatic rings. The second-order valence-corrected chi connectivity index (χ2v) is 7.97. The number of hydrogen-bond acceptors (Lipinski definition) is 5. The van der Waals surface area contributed by atoms with Crippen molar-refractivity contribution in [3.63, 3.8) is 0 Å². The summed E-state index contributed by atoms with van der Waals surface area (Å²) in [7, 11) is 0. The van der Waals surface area contributed by atoms with Crippen LogP contribution in [0.3, 0.4) is 0 Å². The van der Waals surface area contributed by atoms with Crippen molar-refractivity contribution in [2.24, 2.45) is 5.41 Å². The Bertz CT molecular complexity index is 850. The van der Waals surface area contributed by atoms with E-state index in [1.807, 2.05) is 28.9 Å². The molecule has 2 aromatic heterocycles. The van der Waals surface area contributed by atoms with Crippen molar-refractivity contribution in [1.29, 1.82) is 0 Å². The molecule has 4 rings (SSSR count). The number of carbonyl (C=O) groups is 2. The van der Waals surface area contributed by atoms with Crippen LogP contribution in [0.15, 0.2) is 35.1 Å². The first-order valence-corrected chi connectivity index (χ1v) is 10.0. The molecule has 2 amide bonds. The number of hydrogen-bond donors (Lipinski definition) is 0. The zero-order valence-electron chi connectivity index (χ0n) is 16.3. The van der Waals surface area contributed by atoms with Crippen molar-refractivity contribution in [3.8, 4) is 0 Å². The monoisotopic (exact) mass is 382 g/mol. The molecule has 0 N–H and O–H groups in total. The smallest absolute Gasteiger partial charge is 0.276 e. The van der Waals surface area contributed by atoms with E-state index in [0.717, 1.165) is 43.6 Å². The van der Waals surface area contributed by atoms with E-state index < -0.39 is 0 Å². The van der Waals surface area contributed by atoms with Crippen LogP contribution in [0.1, 0.15) is 54.4 Å². The maximum atomic E-state index is 12.9. The van der Waals surface area contributed by atoms with Crippen molar-refractivity contribution in [2.45, 2.75) is 45.6 Å². The van der Waals surface area contributed by atoms with Gasteiger partial charge in [0.25, 0.3) is 5.91 Å². The van der Waals surface area contributed by atoms with Gasteiger partial charge in [0.1, 0.15) is 5.76 Å². The lowest BCUT2D eigenvalue weighted by Crippen LogP contribution is -2.54. The minimum absolute atomic E-state index is 0.0355. The molecule has 28 heavy (non-hydrogen) atoms. The third-order valence-corrected chi connectivity index (χ3v) is 5.95. The summed E-state index contributed by atoms with van der Waals surface area (Å²) in [6.07, 6.45) is 7.58. The Hall–Kier alpha value is -2.70. The molecular formula is C21H26N4O3. The van der Waals surface area contributed by atoms with Crippen LogP contribution in [-0.2, 0) is 17.8 Å². The van der Waals surface area contributed by atoms with Gasteiger partial charge in [0, 0.05) is 62.9 Å². The van der Waals surface area contributed by atoms with Crippen LogP contribution in [0.4, 0.5) is 0 Å². The Morgan fingerprint density at radius 3 is 2.82 bits per heavy atom. The second-order valence-electron chi connectivity index (χ2n) is 7.97. The topological polar surface area (TPSA) is 79.5 Å². The van der Waals surface area contributed by atoms with Crippen LogP contribution >= 0.6 is 0 Å². The molecule has 148 valence electrons. The van der Waals surface area contributed by atoms with E-state index in [1.165, 1.54) is 0 Å². The van der Waals surface area contributed by atoms with Crippen molar-refractivity contribution in [2.75, 3.05) is 19.6 Å². The van der Waals surface area contributed by atoms with E-state index >= 15 is 0 Å². The molecule has 7 heteroatoms. The Morgan fingerprint density at radius 1 is 1.25 bits per heavy atom. The largest absolute Gasteiger partial charge is 0.361 e. The van der Waals surface area contributed by atoms with Crippen LogP contribution in [-0.4, -0.2) is 51.4 Å². The number of rotatable bonds is 4. The molecule has 0 aliphatic carbocycles. The minimum atomic E-state index is -0.0693. The summed E-state index contributed by atoms with van der Waals surface area (Å²) in [4.78, 5) is 33.3. The van der Waals surface area contributed by atoms with Crippen LogP contribution in [0.2, 0.25) is 0 Å². The normalized spacial score (nSPS) is 22.7. The van der Waals surface area contributed by atoms with Crippen molar-refractivity contribution in [1.82, 2.24) is 19.9 Å². The number of amides is 2. The Labute approximate surface area is 164 Å². The molecule has 4 heterocycles. The Morgan fingerprint density at radius 2 is 2.07 bits per heavy atom. The first-order valence-electron chi connectivity index (χ1n) is 10.0. The number of nitrogens with zero attached hydrogens (tertiary/aromatic N) is 4. The summed E-state index contributed by atoms with van der Waals surface area (Å²) < 4.78 is 5.20. The number of pyridine rings is 1. The molecule has 2 aliphatic rings. The Balaban J connectivity index is 1.47. The van der Waals surface area contributed by atoms with Gasteiger partial charge < -0.3 is 14.3 Å². The fourth-order valence-electron chi connectivity index (χ4n) is 4.41. The van der Waals surface area contributed by atoms with Crippen LogP contribution in [0, 0.1) is 5.41 Å². The van der Waals surface area contributed by atoms with E-state index in [9.17, 15) is 9.59 Å². The fourth-order valence-corrected chi connectivity index (χ4v) is 4.41. The van der Waals surface area contributed by atoms with Gasteiger partial charge in [0.2, 0.25) is 5.91 Å². The van der Waals surface area contributed by atoms with E-state index in [0.29, 0.717) is 31.7 Å². The highest BCUT2D eigenvalue weighted by molar-refractivity contribution is 5.92. The molecule has 0 aromatic carbocycles. The third-order valence-electron chi connectivity index (χ3n) is 5.95. The van der Waals surface area contributed by atoms with E-state index in [2.05, 4.69) is 10.1 Å². The molecule has 1 spiro atoms. The first kappa shape index (κ1) is 18.7. The van der Waals surface area contributed by atoms with Gasteiger partial charge in [-0.2, -0.15) is 0 Å². The number of aryl methyl sites for hydroxylation is 1. The summed E-state index contributed by atoms with van der Waals surface area (Å²) in [6, 6.07) is 5.63. The summed E-state index contributed by atoms with van der Waals surface area (Å²) in [5, 5.41) is 3.94. The maximum absolute atomic E-state index is 12.9. The quantitative estimate of drug-likeness (QED) is 0.812. The summed E-state index contributed by atoms with van der Waals surface area (Å²) in [5.74, 6) is 0.844. The van der Waals surface area contributed by atoms with Crippen LogP contribution < -0.4 is 0 Å². The molecular weight excluding hydrogens is 356 g/mol. The molecule has 2 saturated heterocycles. The summed E-state index contributed by atoms with van der Waals surface area (Å²) in [6.45, 7) is 4.66. The fraction of sp³-hybridized carbons (Fsp3) is 0.524. The van der Waals surface area contributed by atoms with Crippen LogP contribution in [0.25, 0.3) is 0 Å². The van der Waals surface area contributed by atoms with Crippen molar-refractivity contribution < 1.29 is 14.1 Å². The molecule has 0 bridgehead atoms. The number of carbonyl (C=O) groups excluding carboxylic acids is 2. The van der Waals surface area contributed by atoms with Gasteiger partial charge in [-0.3, -0.25) is 14.6 Å². The molecule has 0 radical (unpaired) electrons. The molecule has 2 fully saturated rings. The van der Waals surface area contributed by atoms with Gasteiger partial charge in [0.05, 0.1) is 0 Å². The average molecular weight is 382 g/mol. The molecule has 2 aliphatic heterocycles. The van der Waals surface area contributed by atoms with Crippen LogP contribution in [0.5, 0.6) is 0 Å². The van der Waals surface area contributed by atoms with Gasteiger partial charge in [-0.05, 0) is 37.0 Å². The second kappa shape index (κ2) is 7.73. The summed E-state index contributed by atoms with van der Waals surface area (Å²) in [5.41, 5.74) is 1.43. The third kappa shape index (κ3) is 3.79. The molecule has 1 unspecified atom stereocenters. The SMILES string of the molecule is CCc1cc(C(=O)N2CCCC3(CCC(=O)N(Cc4ccncc4)C3)C2)no1. The Kier molecular flexibility index (Phi) is 5.15. The van der Waals surface area contributed by atoms with Gasteiger partial charge in [-0.15, -0.1) is 0 Å². The standard InChI is InChI=1S/C21H26N4O3/c1-2-17-12-18(23-28-17)20(27)24-11-3-7-21(14-24)8-4-19(26)25(15-21)13-16-5-9-22-10-6-16/h5-6,9-10,12H,2-4,7-8,11,13-15H2,1H3. The van der Waals surface area contributed by atoms with Crippen molar-refractivity contribution in [3.05, 3.63) is 47.6 Å². The number of piperidine rings is 2. The highest BCUT2D eigenvalue weighted by Crippen LogP contribution is 2.39. The minimum Gasteiger partial charge on any atom is -0.361 e. The predicted octanol–water partition coefficient (Wildman–Crippen LogP) is 2.68. The number of aromatic nitrogens is 2. The van der Waals surface area contributed by atoms with Gasteiger partial charge >= 0.3 is 0 Å². The highest BCUT2D eigenvalue weighted by Gasteiger charge is 2.43. The highest BCUT2D eigenvalue weighted by atomic mass is 16.5. The first-order chi connectivity index (χ1) is 13.6. The van der Waals surface area contributed by atoms with Gasteiger partial charge in [-0.1, -0.05) is 12.1 Å². The van der Waals surface area contributed by atoms with E-state index in [4.69, 9.17) is 4.52 Å². The maximum Gasteiger partial charge on any atom is 0.276 e. The summed E-state index contributed by atoms with van der Waals surface area (Å²) >= 11 is 0. The predicted molar refractivity (Wildman–Crippen MR) is 102 cm³/mol. The van der Waals surface area contributed by atoms with E-state index in [-0.39, 0.29) is 17.2 Å². The molecule has 7 nitrogen and oxygen atoms in total. The van der Waals surface area contributed by atoms with Crippen molar-refractivity contribution >= 4 is 11.8 Å². The average Bonchev–Trinajstić information content (AvgIpc) is 3.21. The lowest BCUT2D eigenvalue weighted by molar-refractivity contribution is -0.139. The van der Waals surface area contributed by atoms with Gasteiger partial charge in [0.15, 0.2) is 5.69 Å². The lowest BCUT2D eigenvalue weighted by Gasteiger charge is -2.48. The number of likely N-dealkylation sites (tertiary alicyclic amines) is 2.